The molecule has 10 heteroatoms. The molecule has 0 unspecified atom stereocenters. The number of amides is 1. The molecule has 1 aliphatic carbocycles. The Morgan fingerprint density at radius 3 is 2.53 bits per heavy atom. The summed E-state index contributed by atoms with van der Waals surface area (Å²) in [5, 5.41) is 4.83. The normalized spacial score (nSPS) is 17.0. The van der Waals surface area contributed by atoms with Gasteiger partial charge in [-0.15, -0.1) is 0 Å². The molecule has 2 fully saturated rings. The zero-order valence-electron chi connectivity index (χ0n) is 22.5. The van der Waals surface area contributed by atoms with Crippen molar-refractivity contribution in [3.63, 3.8) is 0 Å². The van der Waals surface area contributed by atoms with Crippen LogP contribution >= 0.6 is 0 Å². The molecular formula is C28H36N6O4. The number of ether oxygens (including phenoxy) is 2. The molecule has 5 heterocycles. The number of nitrogens with one attached hydrogen (secondary N) is 1. The van der Waals surface area contributed by atoms with Crippen LogP contribution in [-0.2, 0) is 22.5 Å². The van der Waals surface area contributed by atoms with Crippen molar-refractivity contribution in [3.8, 4) is 5.88 Å². The molecule has 6 rings (SSSR count). The Bertz CT molecular complexity index is 1300. The summed E-state index contributed by atoms with van der Waals surface area (Å²) in [6.45, 7) is 9.11. The molecule has 1 saturated heterocycles. The zero-order valence-corrected chi connectivity index (χ0v) is 22.5. The SMILES string of the molecule is C1CC1.CC.CC1(C)Cc2nc(Nc3cc4c(CN)cnc(OC5CN(C=O)C5)c4cn3)ccc2C(=O)O1. The lowest BCUT2D eigenvalue weighted by atomic mass is 9.95. The van der Waals surface area contributed by atoms with Gasteiger partial charge in [0, 0.05) is 25.4 Å². The first kappa shape index (κ1) is 27.3. The quantitative estimate of drug-likeness (QED) is 0.363. The van der Waals surface area contributed by atoms with Crippen molar-refractivity contribution in [1.29, 1.82) is 0 Å². The molecule has 0 bridgehead atoms. The Morgan fingerprint density at radius 1 is 1.13 bits per heavy atom. The molecule has 10 nitrogen and oxygen atoms in total. The van der Waals surface area contributed by atoms with Crippen molar-refractivity contribution in [3.05, 3.63) is 47.4 Å². The monoisotopic (exact) mass is 520 g/mol. The van der Waals surface area contributed by atoms with Gasteiger partial charge in [-0.2, -0.15) is 0 Å². The Morgan fingerprint density at radius 2 is 1.87 bits per heavy atom. The third kappa shape index (κ3) is 6.36. The maximum atomic E-state index is 12.2. The van der Waals surface area contributed by atoms with E-state index in [2.05, 4.69) is 20.3 Å². The minimum absolute atomic E-state index is 0.0944. The summed E-state index contributed by atoms with van der Waals surface area (Å²) in [7, 11) is 0. The highest BCUT2D eigenvalue weighted by atomic mass is 16.6. The molecule has 0 atom stereocenters. The summed E-state index contributed by atoms with van der Waals surface area (Å²) in [4.78, 5) is 38.2. The number of anilines is 2. The van der Waals surface area contributed by atoms with Crippen LogP contribution in [0.25, 0.3) is 10.8 Å². The smallest absolute Gasteiger partial charge is 0.340 e. The number of nitrogens with two attached hydrogens (primary N) is 1. The van der Waals surface area contributed by atoms with E-state index in [0.717, 1.165) is 22.7 Å². The highest BCUT2D eigenvalue weighted by molar-refractivity contribution is 5.93. The lowest BCUT2D eigenvalue weighted by Crippen LogP contribution is -2.52. The van der Waals surface area contributed by atoms with Crippen molar-refractivity contribution in [1.82, 2.24) is 19.9 Å². The van der Waals surface area contributed by atoms with Crippen LogP contribution in [0.4, 0.5) is 11.6 Å². The van der Waals surface area contributed by atoms with Gasteiger partial charge in [-0.3, -0.25) is 4.79 Å². The predicted octanol–water partition coefficient (Wildman–Crippen LogP) is 4.13. The minimum atomic E-state index is -0.598. The van der Waals surface area contributed by atoms with E-state index in [-0.39, 0.29) is 12.1 Å². The van der Waals surface area contributed by atoms with Crippen molar-refractivity contribution in [2.45, 2.75) is 71.6 Å². The summed E-state index contributed by atoms with van der Waals surface area (Å²) in [6, 6.07) is 5.32. The van der Waals surface area contributed by atoms with E-state index in [4.69, 9.17) is 15.2 Å². The van der Waals surface area contributed by atoms with Crippen molar-refractivity contribution in [2.24, 2.45) is 5.73 Å². The van der Waals surface area contributed by atoms with Gasteiger partial charge in [-0.05, 0) is 43.0 Å². The highest BCUT2D eigenvalue weighted by Gasteiger charge is 2.33. The lowest BCUT2D eigenvalue weighted by molar-refractivity contribution is -0.126. The molecule has 0 spiro atoms. The number of nitrogens with zero attached hydrogens (tertiary/aromatic N) is 4. The van der Waals surface area contributed by atoms with Gasteiger partial charge in [-0.25, -0.2) is 19.7 Å². The Labute approximate surface area is 222 Å². The van der Waals surface area contributed by atoms with E-state index < -0.39 is 5.60 Å². The fraction of sp³-hybridized carbons (Fsp3) is 0.464. The first-order chi connectivity index (χ1) is 18.3. The van der Waals surface area contributed by atoms with E-state index in [0.29, 0.717) is 54.8 Å². The number of pyridine rings is 3. The molecule has 1 amide bonds. The van der Waals surface area contributed by atoms with E-state index in [9.17, 15) is 9.59 Å². The van der Waals surface area contributed by atoms with E-state index in [1.54, 1.807) is 29.4 Å². The van der Waals surface area contributed by atoms with Gasteiger partial charge in [0.25, 0.3) is 0 Å². The van der Waals surface area contributed by atoms with E-state index in [1.807, 2.05) is 33.8 Å². The van der Waals surface area contributed by atoms with E-state index >= 15 is 0 Å². The maximum Gasteiger partial charge on any atom is 0.340 e. The summed E-state index contributed by atoms with van der Waals surface area (Å²) in [6.07, 6.45) is 9.13. The molecule has 1 saturated carbocycles. The molecule has 202 valence electrons. The number of fused-ring (bicyclic) bond motifs is 2. The van der Waals surface area contributed by atoms with Gasteiger partial charge in [0.1, 0.15) is 23.3 Å². The Kier molecular flexibility index (Phi) is 8.41. The van der Waals surface area contributed by atoms with Crippen LogP contribution in [0.1, 0.15) is 68.6 Å². The first-order valence-corrected chi connectivity index (χ1v) is 13.2. The standard InChI is InChI=1S/C23H24N6O4.C3H6.C2H6/c1-23(2)6-18-15(22(31)33-23)3-4-19(27-18)28-20-5-16-13(7-24)8-26-21(17(16)9-25-20)32-14-10-29(11-14)12-30;1-2-3-1;1-2/h3-5,8-9,12,14H,6-7,10-11,24H2,1-2H3,(H,25,27,28);1-3H2;1-2H3. The number of esters is 1. The molecule has 3 aliphatic rings. The van der Waals surface area contributed by atoms with Crippen LogP contribution < -0.4 is 15.8 Å². The number of likely N-dealkylation sites (tertiary alicyclic amines) is 1. The van der Waals surface area contributed by atoms with Crippen LogP contribution in [0.15, 0.2) is 30.6 Å². The topological polar surface area (TPSA) is 133 Å². The van der Waals surface area contributed by atoms with Gasteiger partial charge < -0.3 is 25.4 Å². The van der Waals surface area contributed by atoms with Crippen LogP contribution in [0, 0.1) is 0 Å². The van der Waals surface area contributed by atoms with Crippen LogP contribution in [0.5, 0.6) is 5.88 Å². The van der Waals surface area contributed by atoms with Crippen LogP contribution in [0.3, 0.4) is 0 Å². The summed E-state index contributed by atoms with van der Waals surface area (Å²) in [5.41, 5.74) is 7.36. The molecule has 0 radical (unpaired) electrons. The predicted molar refractivity (Wildman–Crippen MR) is 145 cm³/mol. The minimum Gasteiger partial charge on any atom is -0.470 e. The maximum absolute atomic E-state index is 12.2. The molecule has 3 aromatic heterocycles. The average molecular weight is 521 g/mol. The number of hydrogen-bond acceptors (Lipinski definition) is 9. The number of carbonyl (C=O) groups excluding carboxylic acids is 2. The lowest BCUT2D eigenvalue weighted by Gasteiger charge is -2.35. The second-order valence-corrected chi connectivity index (χ2v) is 9.91. The molecule has 38 heavy (non-hydrogen) atoms. The van der Waals surface area contributed by atoms with Crippen LogP contribution in [-0.4, -0.2) is 57.0 Å². The second-order valence-electron chi connectivity index (χ2n) is 9.91. The fourth-order valence-corrected chi connectivity index (χ4v) is 4.05. The van der Waals surface area contributed by atoms with Gasteiger partial charge in [-0.1, -0.05) is 33.1 Å². The third-order valence-corrected chi connectivity index (χ3v) is 6.11. The van der Waals surface area contributed by atoms with Crippen molar-refractivity contribution >= 4 is 34.8 Å². The van der Waals surface area contributed by atoms with Gasteiger partial charge >= 0.3 is 5.97 Å². The van der Waals surface area contributed by atoms with Crippen molar-refractivity contribution < 1.29 is 19.1 Å². The Hall–Kier alpha value is -3.79. The van der Waals surface area contributed by atoms with Crippen molar-refractivity contribution in [2.75, 3.05) is 18.4 Å². The highest BCUT2D eigenvalue weighted by Crippen LogP contribution is 2.31. The number of aromatic nitrogens is 3. The number of cyclic esters (lactones) is 1. The van der Waals surface area contributed by atoms with Crippen LogP contribution in [0.2, 0.25) is 0 Å². The zero-order chi connectivity index (χ0) is 27.3. The molecule has 2 aliphatic heterocycles. The average Bonchev–Trinajstić information content (AvgIpc) is 3.76. The molecule has 3 N–H and O–H groups in total. The summed E-state index contributed by atoms with van der Waals surface area (Å²) in [5.74, 6) is 1.26. The van der Waals surface area contributed by atoms with Gasteiger partial charge in [0.05, 0.1) is 29.7 Å². The molecule has 3 aromatic rings. The van der Waals surface area contributed by atoms with E-state index in [1.165, 1.54) is 19.3 Å². The van der Waals surface area contributed by atoms with Gasteiger partial charge in [0.15, 0.2) is 0 Å². The second kappa shape index (κ2) is 11.7. The molecule has 0 aromatic carbocycles. The Balaban J connectivity index is 0.000000616. The molecular weight excluding hydrogens is 484 g/mol. The third-order valence-electron chi connectivity index (χ3n) is 6.11. The largest absolute Gasteiger partial charge is 0.470 e. The summed E-state index contributed by atoms with van der Waals surface area (Å²) >= 11 is 0. The first-order valence-electron chi connectivity index (χ1n) is 13.2. The summed E-state index contributed by atoms with van der Waals surface area (Å²) < 4.78 is 11.4. The van der Waals surface area contributed by atoms with Gasteiger partial charge in [0.2, 0.25) is 12.3 Å². The number of rotatable bonds is 6. The fourth-order valence-electron chi connectivity index (χ4n) is 4.05. The number of hydrogen-bond donors (Lipinski definition) is 2. The number of carbonyl (C=O) groups is 2.